The number of amides is 3. The van der Waals surface area contributed by atoms with E-state index in [0.717, 1.165) is 30.6 Å². The standard InChI is InChI=1S/C19H25N5O3S/c1-2-20-17(26)24-13-3-4-14(24)10-19(9-13)12-23(5-7-27-19)16(25)15-11-22-6-8-28-18(22)21-15/h6,8,11,13-14H,2-5,7,9-10,12H2,1H3,(H,20,26)/t13-,14+,19?. The van der Waals surface area contributed by atoms with Crippen LogP contribution in [-0.4, -0.2) is 75.0 Å². The number of piperidine rings is 1. The number of ether oxygens (including phenoxy) is 1. The molecule has 9 heteroatoms. The van der Waals surface area contributed by atoms with E-state index >= 15 is 0 Å². The maximum absolute atomic E-state index is 13.1. The van der Waals surface area contributed by atoms with Crippen LogP contribution in [0.3, 0.4) is 0 Å². The van der Waals surface area contributed by atoms with Crippen molar-refractivity contribution < 1.29 is 14.3 Å². The van der Waals surface area contributed by atoms with Gasteiger partial charge >= 0.3 is 6.03 Å². The summed E-state index contributed by atoms with van der Waals surface area (Å²) in [5.74, 6) is -0.0305. The summed E-state index contributed by atoms with van der Waals surface area (Å²) in [4.78, 5) is 34.7. The van der Waals surface area contributed by atoms with Crippen LogP contribution in [0.5, 0.6) is 0 Å². The minimum absolute atomic E-state index is 0.0305. The molecule has 1 N–H and O–H groups in total. The second-order valence-corrected chi connectivity index (χ2v) is 8.89. The summed E-state index contributed by atoms with van der Waals surface area (Å²) >= 11 is 1.52. The molecule has 3 fully saturated rings. The summed E-state index contributed by atoms with van der Waals surface area (Å²) in [6.07, 6.45) is 7.33. The van der Waals surface area contributed by atoms with Crippen LogP contribution in [-0.2, 0) is 4.74 Å². The molecular formula is C19H25N5O3S. The molecule has 0 aliphatic carbocycles. The van der Waals surface area contributed by atoms with Gasteiger partial charge in [-0.25, -0.2) is 9.78 Å². The Hall–Kier alpha value is -2.13. The van der Waals surface area contributed by atoms with Gasteiger partial charge in [0.2, 0.25) is 0 Å². The minimum atomic E-state index is -0.347. The number of nitrogens with zero attached hydrogens (tertiary/aromatic N) is 4. The molecule has 2 aromatic heterocycles. The van der Waals surface area contributed by atoms with Crippen molar-refractivity contribution in [3.8, 4) is 0 Å². The Labute approximate surface area is 167 Å². The number of thiazole rings is 1. The molecule has 150 valence electrons. The first kappa shape index (κ1) is 17.9. The Kier molecular flexibility index (Phi) is 4.31. The van der Waals surface area contributed by atoms with Crippen molar-refractivity contribution in [1.29, 1.82) is 0 Å². The first-order chi connectivity index (χ1) is 13.6. The molecule has 3 aliphatic rings. The highest BCUT2D eigenvalue weighted by molar-refractivity contribution is 7.15. The summed E-state index contributed by atoms with van der Waals surface area (Å²) in [6, 6.07) is 0.420. The van der Waals surface area contributed by atoms with Gasteiger partial charge in [0, 0.05) is 42.9 Å². The first-order valence-electron chi connectivity index (χ1n) is 10.0. The zero-order valence-electron chi connectivity index (χ0n) is 16.0. The summed E-state index contributed by atoms with van der Waals surface area (Å²) < 4.78 is 8.15. The molecule has 2 aromatic rings. The van der Waals surface area contributed by atoms with Crippen LogP contribution in [0.1, 0.15) is 43.1 Å². The van der Waals surface area contributed by atoms with E-state index in [4.69, 9.17) is 4.74 Å². The Balaban J connectivity index is 1.32. The molecule has 2 bridgehead atoms. The summed E-state index contributed by atoms with van der Waals surface area (Å²) in [6.45, 7) is 4.28. The SMILES string of the molecule is CCNC(=O)N1[C@@H]2CC[C@H]1CC1(C2)CN(C(=O)c2cn3ccsc3n2)CCO1. The lowest BCUT2D eigenvalue weighted by Gasteiger charge is -2.50. The van der Waals surface area contributed by atoms with Crippen molar-refractivity contribution in [3.05, 3.63) is 23.5 Å². The monoisotopic (exact) mass is 403 g/mol. The fourth-order valence-corrected chi connectivity index (χ4v) is 5.84. The first-order valence-corrected chi connectivity index (χ1v) is 10.9. The topological polar surface area (TPSA) is 79.2 Å². The van der Waals surface area contributed by atoms with Gasteiger partial charge in [0.05, 0.1) is 18.8 Å². The van der Waals surface area contributed by atoms with E-state index in [1.54, 1.807) is 6.20 Å². The molecule has 0 aromatic carbocycles. The van der Waals surface area contributed by atoms with Gasteiger partial charge in [-0.05, 0) is 32.6 Å². The van der Waals surface area contributed by atoms with Crippen molar-refractivity contribution >= 4 is 28.2 Å². The molecule has 0 saturated carbocycles. The van der Waals surface area contributed by atoms with E-state index < -0.39 is 0 Å². The van der Waals surface area contributed by atoms with Crippen LogP contribution in [0.25, 0.3) is 4.96 Å². The van der Waals surface area contributed by atoms with Gasteiger partial charge in [-0.2, -0.15) is 0 Å². The Morgan fingerprint density at radius 1 is 1.36 bits per heavy atom. The van der Waals surface area contributed by atoms with E-state index in [1.807, 2.05) is 32.7 Å². The smallest absolute Gasteiger partial charge is 0.317 e. The van der Waals surface area contributed by atoms with Crippen molar-refractivity contribution in [2.24, 2.45) is 0 Å². The molecule has 3 saturated heterocycles. The third-order valence-electron chi connectivity index (χ3n) is 6.25. The van der Waals surface area contributed by atoms with E-state index in [-0.39, 0.29) is 29.6 Å². The Morgan fingerprint density at radius 3 is 2.86 bits per heavy atom. The van der Waals surface area contributed by atoms with Crippen molar-refractivity contribution in [2.45, 2.75) is 50.3 Å². The highest BCUT2D eigenvalue weighted by Gasteiger charge is 2.52. The normalized spacial score (nSPS) is 29.6. The molecule has 1 spiro atoms. The number of fused-ring (bicyclic) bond motifs is 3. The van der Waals surface area contributed by atoms with Gasteiger partial charge in [-0.15, -0.1) is 11.3 Å². The average Bonchev–Trinajstić information content (AvgIpc) is 3.34. The quantitative estimate of drug-likeness (QED) is 0.831. The number of carbonyl (C=O) groups excluding carboxylic acids is 2. The lowest BCUT2D eigenvalue weighted by atomic mass is 9.84. The second-order valence-electron chi connectivity index (χ2n) is 8.01. The summed E-state index contributed by atoms with van der Waals surface area (Å²) in [5.41, 5.74) is 0.145. The number of morpholine rings is 1. The van der Waals surface area contributed by atoms with Crippen molar-refractivity contribution in [3.63, 3.8) is 0 Å². The zero-order chi connectivity index (χ0) is 19.3. The summed E-state index contributed by atoms with van der Waals surface area (Å²) in [7, 11) is 0. The van der Waals surface area contributed by atoms with Crippen LogP contribution < -0.4 is 5.32 Å². The van der Waals surface area contributed by atoms with Crippen LogP contribution in [0.4, 0.5) is 4.79 Å². The zero-order valence-corrected chi connectivity index (χ0v) is 16.8. The van der Waals surface area contributed by atoms with Crippen molar-refractivity contribution in [1.82, 2.24) is 24.5 Å². The van der Waals surface area contributed by atoms with Crippen LogP contribution in [0.2, 0.25) is 0 Å². The number of nitrogens with one attached hydrogen (secondary N) is 1. The van der Waals surface area contributed by atoms with E-state index in [1.165, 1.54) is 11.3 Å². The van der Waals surface area contributed by atoms with Gasteiger partial charge in [0.1, 0.15) is 5.69 Å². The fraction of sp³-hybridized carbons (Fsp3) is 0.632. The molecule has 1 unspecified atom stereocenters. The predicted octanol–water partition coefficient (Wildman–Crippen LogP) is 1.96. The highest BCUT2D eigenvalue weighted by atomic mass is 32.1. The lowest BCUT2D eigenvalue weighted by Crippen LogP contribution is -2.62. The Bertz CT molecular complexity index is 866. The minimum Gasteiger partial charge on any atom is -0.371 e. The molecule has 0 radical (unpaired) electrons. The predicted molar refractivity (Wildman–Crippen MR) is 105 cm³/mol. The lowest BCUT2D eigenvalue weighted by molar-refractivity contribution is -0.136. The molecule has 3 atom stereocenters. The van der Waals surface area contributed by atoms with Gasteiger partial charge in [-0.1, -0.05) is 0 Å². The third kappa shape index (κ3) is 2.88. The molecule has 3 aliphatic heterocycles. The third-order valence-corrected chi connectivity index (χ3v) is 7.02. The number of aromatic nitrogens is 2. The van der Waals surface area contributed by atoms with Gasteiger partial charge in [0.25, 0.3) is 5.91 Å². The number of urea groups is 1. The second kappa shape index (κ2) is 6.73. The van der Waals surface area contributed by atoms with Crippen LogP contribution in [0.15, 0.2) is 17.8 Å². The van der Waals surface area contributed by atoms with Crippen LogP contribution >= 0.6 is 11.3 Å². The average molecular weight is 404 g/mol. The largest absolute Gasteiger partial charge is 0.371 e. The maximum Gasteiger partial charge on any atom is 0.317 e. The van der Waals surface area contributed by atoms with Gasteiger partial charge in [0.15, 0.2) is 4.96 Å². The molecule has 3 amide bonds. The highest BCUT2D eigenvalue weighted by Crippen LogP contribution is 2.44. The summed E-state index contributed by atoms with van der Waals surface area (Å²) in [5, 5.41) is 4.90. The molecule has 5 rings (SSSR count). The molecule has 8 nitrogen and oxygen atoms in total. The number of carbonyl (C=O) groups is 2. The van der Waals surface area contributed by atoms with E-state index in [2.05, 4.69) is 10.3 Å². The number of imidazole rings is 1. The number of rotatable bonds is 2. The Morgan fingerprint density at radius 2 is 2.14 bits per heavy atom. The molecule has 28 heavy (non-hydrogen) atoms. The van der Waals surface area contributed by atoms with E-state index in [0.29, 0.717) is 31.9 Å². The molecule has 5 heterocycles. The maximum atomic E-state index is 13.1. The number of hydrogen-bond donors (Lipinski definition) is 1. The van der Waals surface area contributed by atoms with Gasteiger partial charge in [-0.3, -0.25) is 9.20 Å². The van der Waals surface area contributed by atoms with Crippen LogP contribution in [0, 0.1) is 0 Å². The fourth-order valence-electron chi connectivity index (χ4n) is 5.14. The molecular weight excluding hydrogens is 378 g/mol. The van der Waals surface area contributed by atoms with Gasteiger partial charge < -0.3 is 19.9 Å². The number of hydrogen-bond acceptors (Lipinski definition) is 5. The van der Waals surface area contributed by atoms with Crippen molar-refractivity contribution in [2.75, 3.05) is 26.2 Å². The van der Waals surface area contributed by atoms with E-state index in [9.17, 15) is 9.59 Å².